The number of aromatic nitrogens is 2. The lowest BCUT2D eigenvalue weighted by atomic mass is 10.1. The fourth-order valence-electron chi connectivity index (χ4n) is 4.67. The highest BCUT2D eigenvalue weighted by atomic mass is 32.2. The van der Waals surface area contributed by atoms with Gasteiger partial charge in [-0.05, 0) is 74.4 Å². The van der Waals surface area contributed by atoms with Crippen LogP contribution in [0.15, 0.2) is 82.5 Å². The number of fused-ring (bicyclic) bond motifs is 1. The molecule has 1 heterocycles. The van der Waals surface area contributed by atoms with Gasteiger partial charge in [0.25, 0.3) is 5.56 Å². The number of aryl methyl sites for hydroxylation is 1. The van der Waals surface area contributed by atoms with E-state index in [-0.39, 0.29) is 10.5 Å². The minimum Gasteiger partial charge on any atom is -0.497 e. The van der Waals surface area contributed by atoms with Crippen LogP contribution in [0.5, 0.6) is 5.75 Å². The van der Waals surface area contributed by atoms with Crippen molar-refractivity contribution in [2.45, 2.75) is 57.4 Å². The number of hydrogen-bond acceptors (Lipinski definition) is 5. The largest absolute Gasteiger partial charge is 0.497 e. The van der Waals surface area contributed by atoms with E-state index in [9.17, 15) is 13.2 Å². The summed E-state index contributed by atoms with van der Waals surface area (Å²) in [6, 6.07) is 20.5. The fraction of sp³-hybridized carbons (Fsp3) is 0.333. The molecule has 4 rings (SSSR count). The monoisotopic (exact) mass is 533 g/mol. The summed E-state index contributed by atoms with van der Waals surface area (Å²) in [5, 5.41) is 0.484. The molecule has 0 fully saturated rings. The molecular formula is C30H35N3O4S. The fourth-order valence-corrected chi connectivity index (χ4v) is 6.31. The molecule has 3 aromatic carbocycles. The molecule has 0 aliphatic rings. The topological polar surface area (TPSA) is 81.5 Å². The van der Waals surface area contributed by atoms with Crippen molar-refractivity contribution in [3.05, 3.63) is 94.5 Å². The first-order chi connectivity index (χ1) is 18.3. The highest BCUT2D eigenvalue weighted by Gasteiger charge is 2.33. The minimum atomic E-state index is -3.91. The standard InChI is InChI=1S/C30H35N3O4S/c1-5-6-7-10-20-32(38(35,36)26-18-16-25(37-4)17-19-26)23(3)29-31-28-15-9-8-14-27(28)30(34)33(29)24-13-11-12-22(2)21-24/h8-9,11-19,21,23H,5-7,10,20H2,1-4H3. The van der Waals surface area contributed by atoms with E-state index in [0.717, 1.165) is 24.8 Å². The van der Waals surface area contributed by atoms with E-state index in [1.54, 1.807) is 48.1 Å². The molecule has 4 aromatic rings. The van der Waals surface area contributed by atoms with Crippen LogP contribution < -0.4 is 10.3 Å². The average Bonchev–Trinajstić information content (AvgIpc) is 2.92. The molecule has 0 amide bonds. The van der Waals surface area contributed by atoms with Crippen LogP contribution in [0.4, 0.5) is 0 Å². The number of para-hydroxylation sites is 1. The quantitative estimate of drug-likeness (QED) is 0.220. The Hall–Kier alpha value is -3.49. The van der Waals surface area contributed by atoms with Gasteiger partial charge in [-0.1, -0.05) is 50.5 Å². The molecule has 0 aliphatic heterocycles. The molecule has 0 saturated heterocycles. The molecule has 1 atom stereocenters. The summed E-state index contributed by atoms with van der Waals surface area (Å²) in [6.07, 6.45) is 3.68. The number of rotatable bonds is 11. The number of nitrogens with zero attached hydrogens (tertiary/aromatic N) is 3. The van der Waals surface area contributed by atoms with Crippen molar-refractivity contribution in [2.24, 2.45) is 0 Å². The molecule has 0 spiro atoms. The molecule has 0 radical (unpaired) electrons. The minimum absolute atomic E-state index is 0.172. The van der Waals surface area contributed by atoms with E-state index in [1.807, 2.05) is 50.2 Å². The number of unbranched alkanes of at least 4 members (excludes halogenated alkanes) is 3. The molecule has 7 nitrogen and oxygen atoms in total. The molecule has 38 heavy (non-hydrogen) atoms. The molecule has 200 valence electrons. The second-order valence-electron chi connectivity index (χ2n) is 9.49. The van der Waals surface area contributed by atoms with Gasteiger partial charge in [0.2, 0.25) is 10.0 Å². The summed E-state index contributed by atoms with van der Waals surface area (Å²) < 4.78 is 36.3. The highest BCUT2D eigenvalue weighted by molar-refractivity contribution is 7.89. The van der Waals surface area contributed by atoms with Crippen LogP contribution >= 0.6 is 0 Å². The van der Waals surface area contributed by atoms with Crippen molar-refractivity contribution >= 4 is 20.9 Å². The average molecular weight is 534 g/mol. The van der Waals surface area contributed by atoms with Gasteiger partial charge in [0.15, 0.2) is 0 Å². The zero-order valence-electron chi connectivity index (χ0n) is 22.4. The maximum Gasteiger partial charge on any atom is 0.266 e. The van der Waals surface area contributed by atoms with Gasteiger partial charge in [0.05, 0.1) is 34.6 Å². The van der Waals surface area contributed by atoms with Gasteiger partial charge in [-0.2, -0.15) is 4.31 Å². The van der Waals surface area contributed by atoms with Crippen LogP contribution in [0, 0.1) is 6.92 Å². The molecule has 1 unspecified atom stereocenters. The van der Waals surface area contributed by atoms with Gasteiger partial charge >= 0.3 is 0 Å². The first kappa shape index (κ1) is 27.5. The Morgan fingerprint density at radius 3 is 2.39 bits per heavy atom. The third-order valence-electron chi connectivity index (χ3n) is 6.77. The zero-order chi connectivity index (χ0) is 27.3. The van der Waals surface area contributed by atoms with Crippen LogP contribution in [0.1, 0.15) is 57.0 Å². The van der Waals surface area contributed by atoms with E-state index in [2.05, 4.69) is 6.92 Å². The number of ether oxygens (including phenoxy) is 1. The van der Waals surface area contributed by atoms with Gasteiger partial charge in [-0.25, -0.2) is 13.4 Å². The molecule has 0 bridgehead atoms. The Balaban J connectivity index is 1.89. The number of benzene rings is 3. The van der Waals surface area contributed by atoms with E-state index in [0.29, 0.717) is 41.1 Å². The van der Waals surface area contributed by atoms with Crippen molar-refractivity contribution < 1.29 is 13.2 Å². The second kappa shape index (κ2) is 11.9. The smallest absolute Gasteiger partial charge is 0.266 e. The third kappa shape index (κ3) is 5.66. The lowest BCUT2D eigenvalue weighted by molar-refractivity contribution is 0.319. The first-order valence-corrected chi connectivity index (χ1v) is 14.5. The Kier molecular flexibility index (Phi) is 8.64. The lowest BCUT2D eigenvalue weighted by Crippen LogP contribution is -2.38. The highest BCUT2D eigenvalue weighted by Crippen LogP contribution is 2.30. The number of hydrogen-bond donors (Lipinski definition) is 0. The summed E-state index contributed by atoms with van der Waals surface area (Å²) in [7, 11) is -2.37. The molecule has 8 heteroatoms. The van der Waals surface area contributed by atoms with Crippen molar-refractivity contribution in [1.29, 1.82) is 0 Å². The van der Waals surface area contributed by atoms with Crippen LogP contribution in [0.25, 0.3) is 16.6 Å². The summed E-state index contributed by atoms with van der Waals surface area (Å²) in [4.78, 5) is 18.9. The Bertz CT molecular complexity index is 1560. The van der Waals surface area contributed by atoms with Crippen LogP contribution in [-0.4, -0.2) is 35.9 Å². The van der Waals surface area contributed by atoms with E-state index in [1.165, 1.54) is 4.31 Å². The van der Waals surface area contributed by atoms with Crippen molar-refractivity contribution in [1.82, 2.24) is 13.9 Å². The van der Waals surface area contributed by atoms with Crippen LogP contribution in [0.3, 0.4) is 0 Å². The van der Waals surface area contributed by atoms with Gasteiger partial charge in [-0.15, -0.1) is 0 Å². The van der Waals surface area contributed by atoms with Gasteiger partial charge < -0.3 is 4.74 Å². The van der Waals surface area contributed by atoms with E-state index < -0.39 is 16.1 Å². The Morgan fingerprint density at radius 1 is 0.974 bits per heavy atom. The number of methoxy groups -OCH3 is 1. The summed E-state index contributed by atoms with van der Waals surface area (Å²) >= 11 is 0. The molecule has 0 N–H and O–H groups in total. The summed E-state index contributed by atoms with van der Waals surface area (Å²) in [6.45, 7) is 6.20. The predicted molar refractivity (Wildman–Crippen MR) is 152 cm³/mol. The Labute approximate surface area is 224 Å². The van der Waals surface area contributed by atoms with E-state index in [4.69, 9.17) is 9.72 Å². The third-order valence-corrected chi connectivity index (χ3v) is 8.75. The Morgan fingerprint density at radius 2 is 1.71 bits per heavy atom. The molecule has 0 saturated carbocycles. The van der Waals surface area contributed by atoms with Crippen LogP contribution in [-0.2, 0) is 10.0 Å². The maximum absolute atomic E-state index is 14.0. The molecule has 1 aromatic heterocycles. The van der Waals surface area contributed by atoms with Gasteiger partial charge in [0, 0.05) is 6.54 Å². The molecular weight excluding hydrogens is 498 g/mol. The van der Waals surface area contributed by atoms with Crippen molar-refractivity contribution in [3.63, 3.8) is 0 Å². The summed E-state index contributed by atoms with van der Waals surface area (Å²) in [5.74, 6) is 0.961. The lowest BCUT2D eigenvalue weighted by Gasteiger charge is -2.30. The predicted octanol–water partition coefficient (Wildman–Crippen LogP) is 6.03. The second-order valence-corrected chi connectivity index (χ2v) is 11.4. The van der Waals surface area contributed by atoms with E-state index >= 15 is 0 Å². The summed E-state index contributed by atoms with van der Waals surface area (Å²) in [5.41, 5.74) is 1.96. The normalized spacial score (nSPS) is 12.7. The van der Waals surface area contributed by atoms with Gasteiger partial charge in [0.1, 0.15) is 11.6 Å². The zero-order valence-corrected chi connectivity index (χ0v) is 23.2. The van der Waals surface area contributed by atoms with Crippen molar-refractivity contribution in [2.75, 3.05) is 13.7 Å². The van der Waals surface area contributed by atoms with Crippen molar-refractivity contribution in [3.8, 4) is 11.4 Å². The number of sulfonamides is 1. The molecule has 0 aliphatic carbocycles. The first-order valence-electron chi connectivity index (χ1n) is 13.0. The van der Waals surface area contributed by atoms with Gasteiger partial charge in [-0.3, -0.25) is 9.36 Å². The van der Waals surface area contributed by atoms with Crippen LogP contribution in [0.2, 0.25) is 0 Å². The maximum atomic E-state index is 14.0. The SMILES string of the molecule is CCCCCCN(C(C)c1nc2ccccc2c(=O)n1-c1cccc(C)c1)S(=O)(=O)c1ccc(OC)cc1.